The van der Waals surface area contributed by atoms with Crippen LogP contribution in [0.5, 0.6) is 0 Å². The van der Waals surface area contributed by atoms with Gasteiger partial charge in [0.05, 0.1) is 0 Å². The monoisotopic (exact) mass is 288 g/mol. The quantitative estimate of drug-likeness (QED) is 0.801. The predicted octanol–water partition coefficient (Wildman–Crippen LogP) is 4.38. The first-order chi connectivity index (χ1) is 10.2. The van der Waals surface area contributed by atoms with E-state index in [0.29, 0.717) is 18.1 Å². The molecule has 21 heavy (non-hydrogen) atoms. The Morgan fingerprint density at radius 3 is 2.43 bits per heavy atom. The maximum Gasteiger partial charge on any atom is 0.0478 e. The van der Waals surface area contributed by atoms with Crippen LogP contribution < -0.4 is 5.32 Å². The van der Waals surface area contributed by atoms with Crippen molar-refractivity contribution in [1.82, 2.24) is 10.2 Å². The average Bonchev–Trinajstić information content (AvgIpc) is 2.89. The van der Waals surface area contributed by atoms with Gasteiger partial charge >= 0.3 is 0 Å². The summed E-state index contributed by atoms with van der Waals surface area (Å²) in [5.41, 5.74) is 1.43. The summed E-state index contributed by atoms with van der Waals surface area (Å²) >= 11 is 0. The van der Waals surface area contributed by atoms with Gasteiger partial charge in [0.25, 0.3) is 0 Å². The minimum absolute atomic E-state index is 0.441. The lowest BCUT2D eigenvalue weighted by Gasteiger charge is -2.40. The third-order valence-electron chi connectivity index (χ3n) is 5.09. The Labute approximate surface area is 130 Å². The number of likely N-dealkylation sites (tertiary alicyclic amines) is 1. The zero-order chi connectivity index (χ0) is 15.2. The Kier molecular flexibility index (Phi) is 6.25. The molecule has 2 nitrogen and oxygen atoms in total. The van der Waals surface area contributed by atoms with Crippen molar-refractivity contribution in [3.8, 4) is 0 Å². The van der Waals surface area contributed by atoms with Crippen LogP contribution in [0.25, 0.3) is 0 Å². The van der Waals surface area contributed by atoms with Gasteiger partial charge in [-0.25, -0.2) is 0 Å². The van der Waals surface area contributed by atoms with Gasteiger partial charge in [-0.05, 0) is 44.7 Å². The van der Waals surface area contributed by atoms with Crippen molar-refractivity contribution >= 4 is 0 Å². The molecule has 0 amide bonds. The second-order valence-electron chi connectivity index (χ2n) is 6.36. The molecule has 0 aromatic heterocycles. The minimum Gasteiger partial charge on any atom is -0.309 e. The van der Waals surface area contributed by atoms with E-state index in [1.165, 1.54) is 31.2 Å². The van der Waals surface area contributed by atoms with Crippen molar-refractivity contribution in [3.63, 3.8) is 0 Å². The summed E-state index contributed by atoms with van der Waals surface area (Å²) in [6.45, 7) is 10.3. The fourth-order valence-electron chi connectivity index (χ4n) is 4.08. The van der Waals surface area contributed by atoms with Gasteiger partial charge in [-0.2, -0.15) is 0 Å². The SMILES string of the molecule is CCNC(c1ccccc1)C(CC)N1C(C)CCC1CC. The van der Waals surface area contributed by atoms with Gasteiger partial charge in [0.15, 0.2) is 0 Å². The highest BCUT2D eigenvalue weighted by atomic mass is 15.3. The molecule has 4 atom stereocenters. The van der Waals surface area contributed by atoms with Crippen LogP contribution in [0.1, 0.15) is 65.0 Å². The van der Waals surface area contributed by atoms with Crippen LogP contribution in [0, 0.1) is 0 Å². The molecule has 1 heterocycles. The van der Waals surface area contributed by atoms with E-state index in [1.807, 2.05) is 0 Å². The van der Waals surface area contributed by atoms with Crippen molar-refractivity contribution in [2.24, 2.45) is 0 Å². The third kappa shape index (κ3) is 3.67. The maximum absolute atomic E-state index is 3.75. The van der Waals surface area contributed by atoms with E-state index < -0.39 is 0 Å². The lowest BCUT2D eigenvalue weighted by molar-refractivity contribution is 0.0992. The molecule has 0 radical (unpaired) electrons. The molecule has 1 N–H and O–H groups in total. The summed E-state index contributed by atoms with van der Waals surface area (Å²) in [7, 11) is 0. The van der Waals surface area contributed by atoms with E-state index in [-0.39, 0.29) is 0 Å². The number of nitrogens with zero attached hydrogens (tertiary/aromatic N) is 1. The van der Waals surface area contributed by atoms with Crippen LogP contribution in [-0.4, -0.2) is 29.6 Å². The van der Waals surface area contributed by atoms with Crippen LogP contribution in [-0.2, 0) is 0 Å². The van der Waals surface area contributed by atoms with Gasteiger partial charge in [-0.3, -0.25) is 4.90 Å². The fourth-order valence-corrected chi connectivity index (χ4v) is 4.08. The first kappa shape index (κ1) is 16.5. The van der Waals surface area contributed by atoms with Crippen molar-refractivity contribution < 1.29 is 0 Å². The normalized spacial score (nSPS) is 25.9. The van der Waals surface area contributed by atoms with Gasteiger partial charge in [0.2, 0.25) is 0 Å². The van der Waals surface area contributed by atoms with Crippen molar-refractivity contribution in [1.29, 1.82) is 0 Å². The Morgan fingerprint density at radius 1 is 1.14 bits per heavy atom. The van der Waals surface area contributed by atoms with Crippen LogP contribution in [0.3, 0.4) is 0 Å². The van der Waals surface area contributed by atoms with E-state index in [0.717, 1.165) is 12.6 Å². The minimum atomic E-state index is 0.441. The van der Waals surface area contributed by atoms with Gasteiger partial charge in [-0.1, -0.05) is 51.1 Å². The summed E-state index contributed by atoms with van der Waals surface area (Å²) in [5, 5.41) is 3.75. The number of likely N-dealkylation sites (N-methyl/N-ethyl adjacent to an activating group) is 1. The summed E-state index contributed by atoms with van der Waals surface area (Å²) in [4.78, 5) is 2.81. The molecule has 0 spiro atoms. The highest BCUT2D eigenvalue weighted by Gasteiger charge is 2.37. The Morgan fingerprint density at radius 2 is 1.86 bits per heavy atom. The molecule has 1 saturated heterocycles. The van der Waals surface area contributed by atoms with E-state index in [4.69, 9.17) is 0 Å². The highest BCUT2D eigenvalue weighted by molar-refractivity contribution is 5.21. The first-order valence-corrected chi connectivity index (χ1v) is 8.78. The van der Waals surface area contributed by atoms with E-state index in [9.17, 15) is 0 Å². The molecule has 1 aromatic rings. The fraction of sp³-hybridized carbons (Fsp3) is 0.684. The lowest BCUT2D eigenvalue weighted by Crippen LogP contribution is -2.49. The van der Waals surface area contributed by atoms with Crippen LogP contribution in [0.15, 0.2) is 30.3 Å². The first-order valence-electron chi connectivity index (χ1n) is 8.78. The van der Waals surface area contributed by atoms with Gasteiger partial charge < -0.3 is 5.32 Å². The summed E-state index contributed by atoms with van der Waals surface area (Å²) in [5.74, 6) is 0. The Balaban J connectivity index is 2.27. The summed E-state index contributed by atoms with van der Waals surface area (Å²) < 4.78 is 0. The van der Waals surface area contributed by atoms with E-state index >= 15 is 0 Å². The molecule has 1 fully saturated rings. The molecule has 1 aromatic carbocycles. The molecule has 1 aliphatic heterocycles. The highest BCUT2D eigenvalue weighted by Crippen LogP contribution is 2.34. The Hall–Kier alpha value is -0.860. The predicted molar refractivity (Wildman–Crippen MR) is 91.6 cm³/mol. The van der Waals surface area contributed by atoms with Gasteiger partial charge in [0.1, 0.15) is 0 Å². The van der Waals surface area contributed by atoms with Crippen LogP contribution in [0.4, 0.5) is 0 Å². The molecule has 1 aliphatic rings. The molecule has 118 valence electrons. The summed E-state index contributed by atoms with van der Waals surface area (Å²) in [6, 6.07) is 13.5. The van der Waals surface area contributed by atoms with Crippen molar-refractivity contribution in [3.05, 3.63) is 35.9 Å². The zero-order valence-corrected chi connectivity index (χ0v) is 14.2. The zero-order valence-electron chi connectivity index (χ0n) is 14.2. The van der Waals surface area contributed by atoms with Gasteiger partial charge in [0, 0.05) is 24.2 Å². The number of rotatable bonds is 7. The van der Waals surface area contributed by atoms with Crippen LogP contribution >= 0.6 is 0 Å². The number of benzene rings is 1. The average molecular weight is 288 g/mol. The maximum atomic E-state index is 3.75. The lowest BCUT2D eigenvalue weighted by atomic mass is 9.94. The van der Waals surface area contributed by atoms with Crippen molar-refractivity contribution in [2.75, 3.05) is 6.54 Å². The molecule has 4 unspecified atom stereocenters. The molecule has 2 rings (SSSR count). The molecule has 2 heteroatoms. The van der Waals surface area contributed by atoms with E-state index in [1.54, 1.807) is 0 Å². The largest absolute Gasteiger partial charge is 0.309 e. The second kappa shape index (κ2) is 7.95. The smallest absolute Gasteiger partial charge is 0.0478 e. The molecule has 0 aliphatic carbocycles. The van der Waals surface area contributed by atoms with Crippen molar-refractivity contribution in [2.45, 2.75) is 77.5 Å². The molecular weight excluding hydrogens is 256 g/mol. The Bertz CT molecular complexity index is 403. The number of hydrogen-bond acceptors (Lipinski definition) is 2. The van der Waals surface area contributed by atoms with Gasteiger partial charge in [-0.15, -0.1) is 0 Å². The van der Waals surface area contributed by atoms with E-state index in [2.05, 4.69) is 68.2 Å². The second-order valence-corrected chi connectivity index (χ2v) is 6.36. The standard InChI is InChI=1S/C19H32N2/c1-5-17-14-13-15(4)21(17)18(6-2)19(20-7-3)16-11-9-8-10-12-16/h8-12,15,17-20H,5-7,13-14H2,1-4H3. The third-order valence-corrected chi connectivity index (χ3v) is 5.09. The molecule has 0 bridgehead atoms. The molecular formula is C19H32N2. The topological polar surface area (TPSA) is 15.3 Å². The molecule has 0 saturated carbocycles. The number of hydrogen-bond donors (Lipinski definition) is 1. The van der Waals surface area contributed by atoms with Crippen LogP contribution in [0.2, 0.25) is 0 Å². The number of nitrogens with one attached hydrogen (secondary N) is 1. The summed E-state index contributed by atoms with van der Waals surface area (Å²) in [6.07, 6.45) is 5.19.